The number of aromatic nitrogens is 3. The second kappa shape index (κ2) is 11.2. The molecule has 0 bridgehead atoms. The number of nitrogens with zero attached hydrogens (tertiary/aromatic N) is 3. The standard InChI is InChI=1S/C47H27N3O2/c1-2-10-28(11-3-1)31-22-23-37-42(27-31)52-40-19-9-17-38(44(37)40)47-49-45(32-21-20-29-12-4-5-13-30(29)26-32)48-46(50-47)35-16-8-15-34-33(35)24-25-41-43(34)36-14-6-7-18-39(36)51-41/h1-27H. The molecule has 0 aliphatic heterocycles. The molecule has 0 aliphatic carbocycles. The number of benzene rings is 8. The largest absolute Gasteiger partial charge is 0.456 e. The molecule has 242 valence electrons. The number of hydrogen-bond acceptors (Lipinski definition) is 5. The SMILES string of the molecule is c1ccc(-c2ccc3c(c2)oc2cccc(-c4nc(-c5ccc6ccccc6c5)nc(-c5cccc6c5ccc5oc7ccccc7c56)n4)c23)cc1. The Hall–Kier alpha value is -7.11. The summed E-state index contributed by atoms with van der Waals surface area (Å²) in [4.78, 5) is 15.6. The lowest BCUT2D eigenvalue weighted by Gasteiger charge is -2.12. The van der Waals surface area contributed by atoms with Gasteiger partial charge in [-0.1, -0.05) is 121 Å². The smallest absolute Gasteiger partial charge is 0.164 e. The van der Waals surface area contributed by atoms with E-state index in [2.05, 4.69) is 133 Å². The molecule has 0 aliphatic rings. The van der Waals surface area contributed by atoms with Crippen molar-refractivity contribution < 1.29 is 8.83 Å². The molecular weight excluding hydrogens is 639 g/mol. The van der Waals surface area contributed by atoms with E-state index in [1.165, 1.54) is 0 Å². The molecule has 11 rings (SSSR count). The Morgan fingerprint density at radius 1 is 0.308 bits per heavy atom. The molecule has 3 heterocycles. The van der Waals surface area contributed by atoms with Gasteiger partial charge < -0.3 is 8.83 Å². The highest BCUT2D eigenvalue weighted by atomic mass is 16.3. The fraction of sp³-hybridized carbons (Fsp3) is 0. The Morgan fingerprint density at radius 3 is 1.87 bits per heavy atom. The third-order valence-corrected chi connectivity index (χ3v) is 10.1. The predicted molar refractivity (Wildman–Crippen MR) is 211 cm³/mol. The molecule has 0 radical (unpaired) electrons. The maximum absolute atomic E-state index is 6.50. The van der Waals surface area contributed by atoms with Crippen LogP contribution in [-0.4, -0.2) is 15.0 Å². The molecule has 0 N–H and O–H groups in total. The summed E-state index contributed by atoms with van der Waals surface area (Å²) >= 11 is 0. The highest BCUT2D eigenvalue weighted by Gasteiger charge is 2.20. The number of fused-ring (bicyclic) bond motifs is 9. The Kier molecular flexibility index (Phi) is 6.18. The van der Waals surface area contributed by atoms with Crippen LogP contribution in [0.2, 0.25) is 0 Å². The van der Waals surface area contributed by atoms with E-state index in [0.717, 1.165) is 93.2 Å². The van der Waals surface area contributed by atoms with Crippen LogP contribution in [0.1, 0.15) is 0 Å². The van der Waals surface area contributed by atoms with Crippen molar-refractivity contribution in [3.05, 3.63) is 164 Å². The van der Waals surface area contributed by atoms with E-state index in [0.29, 0.717) is 17.5 Å². The molecule has 8 aromatic carbocycles. The Labute approximate surface area is 297 Å². The van der Waals surface area contributed by atoms with Gasteiger partial charge in [0.05, 0.1) is 0 Å². The van der Waals surface area contributed by atoms with E-state index in [1.54, 1.807) is 0 Å². The molecule has 5 heteroatoms. The minimum absolute atomic E-state index is 0.584. The molecular formula is C47H27N3O2. The average Bonchev–Trinajstić information content (AvgIpc) is 3.79. The van der Waals surface area contributed by atoms with E-state index >= 15 is 0 Å². The van der Waals surface area contributed by atoms with Crippen molar-refractivity contribution in [1.29, 1.82) is 0 Å². The lowest BCUT2D eigenvalue weighted by molar-refractivity contribution is 0.669. The first kappa shape index (κ1) is 28.7. The van der Waals surface area contributed by atoms with Gasteiger partial charge in [0.15, 0.2) is 17.5 Å². The van der Waals surface area contributed by atoms with Crippen LogP contribution in [-0.2, 0) is 0 Å². The summed E-state index contributed by atoms with van der Waals surface area (Å²) in [5, 5.41) is 8.58. The van der Waals surface area contributed by atoms with Gasteiger partial charge in [-0.15, -0.1) is 0 Å². The molecule has 11 aromatic rings. The normalized spacial score (nSPS) is 11.8. The zero-order valence-electron chi connectivity index (χ0n) is 27.7. The van der Waals surface area contributed by atoms with Crippen molar-refractivity contribution in [3.8, 4) is 45.3 Å². The Bertz CT molecular complexity index is 3190. The third kappa shape index (κ3) is 4.46. The van der Waals surface area contributed by atoms with Gasteiger partial charge in [0.2, 0.25) is 0 Å². The van der Waals surface area contributed by atoms with Crippen LogP contribution in [0, 0.1) is 0 Å². The van der Waals surface area contributed by atoms with Gasteiger partial charge in [-0.25, -0.2) is 15.0 Å². The van der Waals surface area contributed by atoms with Crippen molar-refractivity contribution in [1.82, 2.24) is 15.0 Å². The molecule has 0 atom stereocenters. The summed E-state index contributed by atoms with van der Waals surface area (Å²) in [6.45, 7) is 0. The zero-order valence-corrected chi connectivity index (χ0v) is 27.7. The topological polar surface area (TPSA) is 65.0 Å². The molecule has 0 saturated heterocycles. The van der Waals surface area contributed by atoms with E-state index in [9.17, 15) is 0 Å². The van der Waals surface area contributed by atoms with Crippen LogP contribution in [0.3, 0.4) is 0 Å². The second-order valence-electron chi connectivity index (χ2n) is 13.2. The van der Waals surface area contributed by atoms with Crippen LogP contribution in [0.5, 0.6) is 0 Å². The predicted octanol–water partition coefficient (Wildman–Crippen LogP) is 12.6. The fourth-order valence-corrected chi connectivity index (χ4v) is 7.67. The fourth-order valence-electron chi connectivity index (χ4n) is 7.67. The molecule has 0 amide bonds. The van der Waals surface area contributed by atoms with Gasteiger partial charge in [-0.05, 0) is 75.1 Å². The van der Waals surface area contributed by atoms with Crippen molar-refractivity contribution in [2.24, 2.45) is 0 Å². The molecule has 5 nitrogen and oxygen atoms in total. The van der Waals surface area contributed by atoms with Gasteiger partial charge >= 0.3 is 0 Å². The number of hydrogen-bond donors (Lipinski definition) is 0. The molecule has 0 saturated carbocycles. The molecule has 52 heavy (non-hydrogen) atoms. The Morgan fingerprint density at radius 2 is 0.942 bits per heavy atom. The first-order chi connectivity index (χ1) is 25.7. The van der Waals surface area contributed by atoms with E-state index in [4.69, 9.17) is 23.8 Å². The minimum atomic E-state index is 0.584. The minimum Gasteiger partial charge on any atom is -0.456 e. The van der Waals surface area contributed by atoms with E-state index in [1.807, 2.05) is 30.3 Å². The maximum Gasteiger partial charge on any atom is 0.164 e. The number of furan rings is 2. The molecule has 0 unspecified atom stereocenters. The number of rotatable bonds is 4. The van der Waals surface area contributed by atoms with Gasteiger partial charge in [-0.3, -0.25) is 0 Å². The van der Waals surface area contributed by atoms with Crippen molar-refractivity contribution in [2.75, 3.05) is 0 Å². The highest BCUT2D eigenvalue weighted by Crippen LogP contribution is 2.40. The van der Waals surface area contributed by atoms with Gasteiger partial charge in [0, 0.05) is 38.2 Å². The van der Waals surface area contributed by atoms with Crippen molar-refractivity contribution in [2.45, 2.75) is 0 Å². The summed E-state index contributed by atoms with van der Waals surface area (Å²) < 4.78 is 12.7. The molecule has 0 fully saturated rings. The summed E-state index contributed by atoms with van der Waals surface area (Å²) in [7, 11) is 0. The van der Waals surface area contributed by atoms with Crippen LogP contribution < -0.4 is 0 Å². The summed E-state index contributed by atoms with van der Waals surface area (Å²) in [6.07, 6.45) is 0. The van der Waals surface area contributed by atoms with E-state index < -0.39 is 0 Å². The van der Waals surface area contributed by atoms with Gasteiger partial charge in [-0.2, -0.15) is 0 Å². The van der Waals surface area contributed by atoms with Gasteiger partial charge in [0.1, 0.15) is 22.3 Å². The summed E-state index contributed by atoms with van der Waals surface area (Å²) in [5.41, 5.74) is 8.30. The quantitative estimate of drug-likeness (QED) is 0.187. The maximum atomic E-state index is 6.50. The Balaban J connectivity index is 1.16. The average molecular weight is 666 g/mol. The van der Waals surface area contributed by atoms with Crippen LogP contribution >= 0.6 is 0 Å². The van der Waals surface area contributed by atoms with Crippen LogP contribution in [0.4, 0.5) is 0 Å². The summed E-state index contributed by atoms with van der Waals surface area (Å²) in [5.74, 6) is 1.79. The molecule has 0 spiro atoms. The van der Waals surface area contributed by atoms with Crippen LogP contribution in [0.15, 0.2) is 173 Å². The van der Waals surface area contributed by atoms with Crippen molar-refractivity contribution in [3.63, 3.8) is 0 Å². The van der Waals surface area contributed by atoms with Crippen molar-refractivity contribution >= 4 is 65.4 Å². The third-order valence-electron chi connectivity index (χ3n) is 10.1. The van der Waals surface area contributed by atoms with Crippen LogP contribution in [0.25, 0.3) is 111 Å². The summed E-state index contributed by atoms with van der Waals surface area (Å²) in [6, 6.07) is 56.3. The lowest BCUT2D eigenvalue weighted by atomic mass is 9.99. The second-order valence-corrected chi connectivity index (χ2v) is 13.2. The first-order valence-electron chi connectivity index (χ1n) is 17.3. The zero-order chi connectivity index (χ0) is 34.2. The monoisotopic (exact) mass is 665 g/mol. The highest BCUT2D eigenvalue weighted by molar-refractivity contribution is 6.21. The molecule has 3 aromatic heterocycles. The van der Waals surface area contributed by atoms with Gasteiger partial charge in [0.25, 0.3) is 0 Å². The number of para-hydroxylation sites is 1. The lowest BCUT2D eigenvalue weighted by Crippen LogP contribution is -2.01. The van der Waals surface area contributed by atoms with E-state index in [-0.39, 0.29) is 0 Å². The first-order valence-corrected chi connectivity index (χ1v) is 17.3.